The molecule has 1 amide bonds. The van der Waals surface area contributed by atoms with Crippen molar-refractivity contribution in [1.29, 1.82) is 0 Å². The molecule has 1 heterocycles. The zero-order valence-corrected chi connectivity index (χ0v) is 18.1. The summed E-state index contributed by atoms with van der Waals surface area (Å²) in [6, 6.07) is 10.9. The van der Waals surface area contributed by atoms with Crippen molar-refractivity contribution in [3.63, 3.8) is 0 Å². The van der Waals surface area contributed by atoms with Gasteiger partial charge in [0.2, 0.25) is 0 Å². The second-order valence-corrected chi connectivity index (χ2v) is 7.63. The topological polar surface area (TPSA) is 89.5 Å². The number of carbonyl (C=O) groups excluding carboxylic acids is 1. The lowest BCUT2D eigenvalue weighted by atomic mass is 10.2. The summed E-state index contributed by atoms with van der Waals surface area (Å²) in [6.07, 6.45) is 1.49. The lowest BCUT2D eigenvalue weighted by Crippen LogP contribution is -2.17. The van der Waals surface area contributed by atoms with Gasteiger partial charge in [-0.3, -0.25) is 14.9 Å². The summed E-state index contributed by atoms with van der Waals surface area (Å²) in [4.78, 5) is 22.6. The monoisotopic (exact) mass is 464 g/mol. The fourth-order valence-corrected chi connectivity index (χ4v) is 3.65. The average molecular weight is 466 g/mol. The van der Waals surface area contributed by atoms with Gasteiger partial charge >= 0.3 is 0 Å². The van der Waals surface area contributed by atoms with Gasteiger partial charge in [-0.2, -0.15) is 5.10 Å². The van der Waals surface area contributed by atoms with Crippen molar-refractivity contribution in [3.8, 4) is 5.69 Å². The first-order valence-electron chi connectivity index (χ1n) is 8.60. The van der Waals surface area contributed by atoms with E-state index in [4.69, 9.17) is 34.8 Å². The number of nitrogens with zero attached hydrogens (tertiary/aromatic N) is 3. The molecule has 3 aromatic rings. The molecule has 0 aliphatic carbocycles. The summed E-state index contributed by atoms with van der Waals surface area (Å²) in [5, 5.41) is 15.9. The number of nitrogens with one attached hydrogen (secondary N) is 1. The zero-order chi connectivity index (χ0) is 22.0. The normalized spacial score (nSPS) is 11.1. The van der Waals surface area contributed by atoms with Crippen LogP contribution < -0.4 is 5.43 Å². The molecule has 10 heteroatoms. The fraction of sp³-hybridized carbons (Fsp3) is 0.100. The van der Waals surface area contributed by atoms with Gasteiger partial charge in [0.15, 0.2) is 0 Å². The molecule has 2 aromatic carbocycles. The van der Waals surface area contributed by atoms with Gasteiger partial charge in [-0.15, -0.1) is 0 Å². The standard InChI is InChI=1S/C20H15Cl3N4O3/c1-11-7-14(12(2)26(11)18-6-4-15(21)9-17(18)23)10-24-25-20(28)13-3-5-16(22)19(8-13)27(29)30/h3-10H,1-2H3,(H,25,28)/b24-10-. The summed E-state index contributed by atoms with van der Waals surface area (Å²) in [6.45, 7) is 3.81. The minimum atomic E-state index is -0.654. The third kappa shape index (κ3) is 4.48. The molecular weight excluding hydrogens is 451 g/mol. The van der Waals surface area contributed by atoms with Crippen LogP contribution in [0.25, 0.3) is 5.69 Å². The molecule has 7 nitrogen and oxygen atoms in total. The van der Waals surface area contributed by atoms with Crippen LogP contribution in [-0.4, -0.2) is 21.6 Å². The molecule has 154 valence electrons. The van der Waals surface area contributed by atoms with Gasteiger partial charge in [0.05, 0.1) is 21.8 Å². The molecule has 0 saturated carbocycles. The predicted octanol–water partition coefficient (Wildman–Crippen LogP) is 5.73. The highest BCUT2D eigenvalue weighted by atomic mass is 35.5. The van der Waals surface area contributed by atoms with E-state index >= 15 is 0 Å². The number of rotatable bonds is 5. The van der Waals surface area contributed by atoms with E-state index in [1.807, 2.05) is 30.5 Å². The number of hydrazone groups is 1. The molecule has 0 unspecified atom stereocenters. The number of amides is 1. The van der Waals surface area contributed by atoms with E-state index < -0.39 is 10.8 Å². The third-order valence-electron chi connectivity index (χ3n) is 4.40. The van der Waals surface area contributed by atoms with Gasteiger partial charge in [0.1, 0.15) is 5.02 Å². The average Bonchev–Trinajstić information content (AvgIpc) is 2.95. The Labute approximate surface area is 187 Å². The number of halogens is 3. The van der Waals surface area contributed by atoms with Crippen molar-refractivity contribution in [3.05, 3.63) is 90.2 Å². The van der Waals surface area contributed by atoms with Crippen molar-refractivity contribution in [2.24, 2.45) is 5.10 Å². The Bertz CT molecular complexity index is 1190. The highest BCUT2D eigenvalue weighted by molar-refractivity contribution is 6.35. The smallest absolute Gasteiger partial charge is 0.288 e. The second kappa shape index (κ2) is 8.87. The predicted molar refractivity (Wildman–Crippen MR) is 118 cm³/mol. The van der Waals surface area contributed by atoms with Crippen LogP contribution in [0.2, 0.25) is 15.1 Å². The zero-order valence-electron chi connectivity index (χ0n) is 15.8. The van der Waals surface area contributed by atoms with Crippen LogP contribution in [0.3, 0.4) is 0 Å². The Morgan fingerprint density at radius 2 is 1.83 bits per heavy atom. The fourth-order valence-electron chi connectivity index (χ4n) is 2.97. The molecule has 0 bridgehead atoms. The maximum atomic E-state index is 12.3. The van der Waals surface area contributed by atoms with E-state index in [0.29, 0.717) is 10.0 Å². The Hall–Kier alpha value is -2.87. The minimum absolute atomic E-state index is 0.0478. The Balaban J connectivity index is 1.81. The van der Waals surface area contributed by atoms with Crippen molar-refractivity contribution in [2.75, 3.05) is 0 Å². The number of aryl methyl sites for hydroxylation is 1. The lowest BCUT2D eigenvalue weighted by Gasteiger charge is -2.11. The van der Waals surface area contributed by atoms with Crippen molar-refractivity contribution in [2.45, 2.75) is 13.8 Å². The van der Waals surface area contributed by atoms with Crippen LogP contribution in [0.1, 0.15) is 27.3 Å². The molecule has 1 N–H and O–H groups in total. The molecule has 0 aliphatic heterocycles. The number of aromatic nitrogens is 1. The van der Waals surface area contributed by atoms with Crippen molar-refractivity contribution < 1.29 is 9.72 Å². The van der Waals surface area contributed by atoms with Gasteiger partial charge in [-0.25, -0.2) is 5.43 Å². The summed E-state index contributed by atoms with van der Waals surface area (Å²) < 4.78 is 1.95. The van der Waals surface area contributed by atoms with Gasteiger partial charge in [0.25, 0.3) is 11.6 Å². The Kier molecular flexibility index (Phi) is 6.45. The van der Waals surface area contributed by atoms with Gasteiger partial charge in [-0.1, -0.05) is 34.8 Å². The Morgan fingerprint density at radius 1 is 1.10 bits per heavy atom. The van der Waals surface area contributed by atoms with E-state index in [1.165, 1.54) is 18.3 Å². The maximum absolute atomic E-state index is 12.3. The van der Waals surface area contributed by atoms with Gasteiger partial charge in [-0.05, 0) is 50.2 Å². The number of nitro groups is 1. The number of nitro benzene ring substituents is 1. The van der Waals surface area contributed by atoms with Crippen LogP contribution in [-0.2, 0) is 0 Å². The molecule has 0 spiro atoms. The summed E-state index contributed by atoms with van der Waals surface area (Å²) in [5.74, 6) is -0.597. The van der Waals surface area contributed by atoms with Crippen LogP contribution >= 0.6 is 34.8 Å². The van der Waals surface area contributed by atoms with E-state index in [0.717, 1.165) is 28.7 Å². The third-order valence-corrected chi connectivity index (χ3v) is 5.25. The summed E-state index contributed by atoms with van der Waals surface area (Å²) in [5.41, 5.74) is 5.39. The number of hydrogen-bond acceptors (Lipinski definition) is 4. The molecule has 0 fully saturated rings. The summed E-state index contributed by atoms with van der Waals surface area (Å²) >= 11 is 18.1. The molecule has 0 atom stereocenters. The van der Waals surface area contributed by atoms with E-state index in [9.17, 15) is 14.9 Å². The van der Waals surface area contributed by atoms with E-state index in [1.54, 1.807) is 12.1 Å². The molecule has 1 aromatic heterocycles. The van der Waals surface area contributed by atoms with Crippen LogP contribution in [0.4, 0.5) is 5.69 Å². The van der Waals surface area contributed by atoms with E-state index in [-0.39, 0.29) is 16.3 Å². The van der Waals surface area contributed by atoms with Crippen LogP contribution in [0, 0.1) is 24.0 Å². The number of hydrogen-bond donors (Lipinski definition) is 1. The maximum Gasteiger partial charge on any atom is 0.288 e. The first kappa shape index (κ1) is 21.8. The molecule has 0 saturated heterocycles. The molecule has 3 rings (SSSR count). The van der Waals surface area contributed by atoms with Gasteiger partial charge in [0, 0.05) is 33.6 Å². The second-order valence-electron chi connectivity index (χ2n) is 6.38. The first-order valence-corrected chi connectivity index (χ1v) is 9.74. The number of benzene rings is 2. The van der Waals surface area contributed by atoms with Crippen LogP contribution in [0.5, 0.6) is 0 Å². The highest BCUT2D eigenvalue weighted by Gasteiger charge is 2.16. The van der Waals surface area contributed by atoms with Gasteiger partial charge < -0.3 is 4.57 Å². The van der Waals surface area contributed by atoms with E-state index in [2.05, 4.69) is 10.5 Å². The molecule has 0 radical (unpaired) electrons. The molecular formula is C20H15Cl3N4O3. The minimum Gasteiger partial charge on any atom is -0.316 e. The quantitative estimate of drug-likeness (QED) is 0.296. The van der Waals surface area contributed by atoms with Crippen molar-refractivity contribution >= 4 is 52.6 Å². The lowest BCUT2D eigenvalue weighted by molar-refractivity contribution is -0.384. The Morgan fingerprint density at radius 3 is 2.50 bits per heavy atom. The molecule has 0 aliphatic rings. The molecule has 30 heavy (non-hydrogen) atoms. The number of carbonyl (C=O) groups is 1. The first-order chi connectivity index (χ1) is 14.2. The van der Waals surface area contributed by atoms with Crippen LogP contribution in [0.15, 0.2) is 47.6 Å². The highest BCUT2D eigenvalue weighted by Crippen LogP contribution is 2.28. The SMILES string of the molecule is Cc1cc(/C=N\NC(=O)c2ccc(Cl)c([N+](=O)[O-])c2)c(C)n1-c1ccc(Cl)cc1Cl. The largest absolute Gasteiger partial charge is 0.316 e. The summed E-state index contributed by atoms with van der Waals surface area (Å²) in [7, 11) is 0. The van der Waals surface area contributed by atoms with Crippen molar-refractivity contribution in [1.82, 2.24) is 9.99 Å².